The van der Waals surface area contributed by atoms with Gasteiger partial charge in [0.2, 0.25) is 0 Å². The van der Waals surface area contributed by atoms with Crippen molar-refractivity contribution in [3.8, 4) is 11.5 Å². The number of aliphatic hydroxyl groups is 1. The first-order valence-corrected chi connectivity index (χ1v) is 5.87. The van der Waals surface area contributed by atoms with E-state index in [9.17, 15) is 10.2 Å². The van der Waals surface area contributed by atoms with Crippen LogP contribution < -0.4 is 5.32 Å². The maximum Gasteiger partial charge on any atom is 0.157 e. The SMILES string of the molecule is CCC(C)(CCO)NCc1ccc(O)c(O)c1. The van der Waals surface area contributed by atoms with Crippen LogP contribution in [0.15, 0.2) is 18.2 Å². The highest BCUT2D eigenvalue weighted by Crippen LogP contribution is 2.25. The summed E-state index contributed by atoms with van der Waals surface area (Å²) < 4.78 is 0. The largest absolute Gasteiger partial charge is 0.504 e. The zero-order valence-electron chi connectivity index (χ0n) is 10.4. The number of benzene rings is 1. The topological polar surface area (TPSA) is 72.7 Å². The normalized spacial score (nSPS) is 14.5. The summed E-state index contributed by atoms with van der Waals surface area (Å²) >= 11 is 0. The van der Waals surface area contributed by atoms with E-state index in [2.05, 4.69) is 19.2 Å². The first-order chi connectivity index (χ1) is 8.00. The maximum atomic E-state index is 9.37. The van der Waals surface area contributed by atoms with Crippen molar-refractivity contribution in [3.63, 3.8) is 0 Å². The van der Waals surface area contributed by atoms with Gasteiger partial charge in [0.15, 0.2) is 11.5 Å². The lowest BCUT2D eigenvalue weighted by molar-refractivity contribution is 0.214. The first kappa shape index (κ1) is 13.8. The van der Waals surface area contributed by atoms with E-state index < -0.39 is 0 Å². The lowest BCUT2D eigenvalue weighted by Gasteiger charge is -2.29. The molecule has 0 aliphatic carbocycles. The minimum Gasteiger partial charge on any atom is -0.504 e. The van der Waals surface area contributed by atoms with Gasteiger partial charge in [-0.25, -0.2) is 0 Å². The molecule has 0 fully saturated rings. The number of aliphatic hydroxyl groups excluding tert-OH is 1. The second-order valence-corrected chi connectivity index (χ2v) is 4.56. The Morgan fingerprint density at radius 3 is 2.47 bits per heavy atom. The van der Waals surface area contributed by atoms with Gasteiger partial charge in [-0.1, -0.05) is 13.0 Å². The Morgan fingerprint density at radius 1 is 1.24 bits per heavy atom. The van der Waals surface area contributed by atoms with Gasteiger partial charge in [-0.05, 0) is 37.5 Å². The van der Waals surface area contributed by atoms with Gasteiger partial charge in [-0.2, -0.15) is 0 Å². The predicted octanol–water partition coefficient (Wildman–Crippen LogP) is 1.74. The van der Waals surface area contributed by atoms with Gasteiger partial charge in [0, 0.05) is 18.7 Å². The van der Waals surface area contributed by atoms with Gasteiger partial charge in [0.25, 0.3) is 0 Å². The number of rotatable bonds is 6. The summed E-state index contributed by atoms with van der Waals surface area (Å²) in [4.78, 5) is 0. The van der Waals surface area contributed by atoms with E-state index in [0.29, 0.717) is 13.0 Å². The van der Waals surface area contributed by atoms with Crippen LogP contribution in [0.4, 0.5) is 0 Å². The van der Waals surface area contributed by atoms with E-state index >= 15 is 0 Å². The molecule has 0 heterocycles. The van der Waals surface area contributed by atoms with Crippen molar-refractivity contribution in [1.29, 1.82) is 0 Å². The molecule has 1 aromatic carbocycles. The molecule has 1 atom stereocenters. The number of hydrogen-bond donors (Lipinski definition) is 4. The molecule has 0 aliphatic heterocycles. The minimum atomic E-state index is -0.109. The molecule has 0 radical (unpaired) electrons. The quantitative estimate of drug-likeness (QED) is 0.571. The molecule has 0 aliphatic rings. The molecule has 1 unspecified atom stereocenters. The monoisotopic (exact) mass is 239 g/mol. The maximum absolute atomic E-state index is 9.37. The molecule has 4 nitrogen and oxygen atoms in total. The number of phenolic OH excluding ortho intramolecular Hbond substituents is 2. The minimum absolute atomic E-state index is 0.107. The van der Waals surface area contributed by atoms with E-state index in [0.717, 1.165) is 12.0 Å². The molecule has 96 valence electrons. The first-order valence-electron chi connectivity index (χ1n) is 5.87. The molecule has 0 saturated carbocycles. The second kappa shape index (κ2) is 5.89. The van der Waals surface area contributed by atoms with Crippen molar-refractivity contribution in [1.82, 2.24) is 5.32 Å². The van der Waals surface area contributed by atoms with Gasteiger partial charge in [-0.15, -0.1) is 0 Å². The summed E-state index contributed by atoms with van der Waals surface area (Å²) in [6.45, 7) is 4.87. The van der Waals surface area contributed by atoms with E-state index in [1.54, 1.807) is 6.07 Å². The lowest BCUT2D eigenvalue weighted by Crippen LogP contribution is -2.42. The molecule has 4 N–H and O–H groups in total. The fraction of sp³-hybridized carbons (Fsp3) is 0.538. The highest BCUT2D eigenvalue weighted by molar-refractivity contribution is 5.40. The number of phenols is 2. The third kappa shape index (κ3) is 3.91. The molecule has 4 heteroatoms. The van der Waals surface area contributed by atoms with Crippen molar-refractivity contribution in [3.05, 3.63) is 23.8 Å². The van der Waals surface area contributed by atoms with Crippen molar-refractivity contribution in [2.45, 2.75) is 38.8 Å². The number of hydrogen-bond acceptors (Lipinski definition) is 4. The molecule has 0 spiro atoms. The van der Waals surface area contributed by atoms with Crippen molar-refractivity contribution >= 4 is 0 Å². The average Bonchev–Trinajstić information content (AvgIpc) is 2.31. The zero-order valence-corrected chi connectivity index (χ0v) is 10.4. The van der Waals surface area contributed by atoms with Crippen LogP contribution in [-0.2, 0) is 6.54 Å². The van der Waals surface area contributed by atoms with E-state index in [-0.39, 0.29) is 23.6 Å². The highest BCUT2D eigenvalue weighted by atomic mass is 16.3. The Morgan fingerprint density at radius 2 is 1.94 bits per heavy atom. The van der Waals surface area contributed by atoms with Gasteiger partial charge in [0.1, 0.15) is 0 Å². The molecule has 0 saturated heterocycles. The smallest absolute Gasteiger partial charge is 0.157 e. The summed E-state index contributed by atoms with van der Waals surface area (Å²) in [6, 6.07) is 4.77. The van der Waals surface area contributed by atoms with Gasteiger partial charge < -0.3 is 20.6 Å². The summed E-state index contributed by atoms with van der Waals surface area (Å²) in [5.74, 6) is -0.216. The van der Waals surface area contributed by atoms with Crippen LogP contribution in [0.25, 0.3) is 0 Å². The highest BCUT2D eigenvalue weighted by Gasteiger charge is 2.20. The molecular formula is C13H21NO3. The Bertz CT molecular complexity index is 368. The zero-order chi connectivity index (χ0) is 12.9. The van der Waals surface area contributed by atoms with Crippen LogP contribution >= 0.6 is 0 Å². The molecule has 17 heavy (non-hydrogen) atoms. The Balaban J connectivity index is 2.62. The van der Waals surface area contributed by atoms with Crippen LogP contribution in [-0.4, -0.2) is 27.5 Å². The molecular weight excluding hydrogens is 218 g/mol. The van der Waals surface area contributed by atoms with Crippen LogP contribution in [0.3, 0.4) is 0 Å². The Hall–Kier alpha value is -1.26. The fourth-order valence-corrected chi connectivity index (χ4v) is 1.63. The molecule has 0 bridgehead atoms. The summed E-state index contributed by atoms with van der Waals surface area (Å²) in [7, 11) is 0. The van der Waals surface area contributed by atoms with Gasteiger partial charge in [0.05, 0.1) is 0 Å². The molecule has 1 aromatic rings. The van der Waals surface area contributed by atoms with Crippen molar-refractivity contribution < 1.29 is 15.3 Å². The second-order valence-electron chi connectivity index (χ2n) is 4.56. The van der Waals surface area contributed by atoms with E-state index in [1.165, 1.54) is 12.1 Å². The number of aromatic hydroxyl groups is 2. The molecule has 1 rings (SSSR count). The van der Waals surface area contributed by atoms with Gasteiger partial charge in [-0.3, -0.25) is 0 Å². The van der Waals surface area contributed by atoms with Crippen LogP contribution in [0.5, 0.6) is 11.5 Å². The Kier molecular flexibility index (Phi) is 4.78. The molecule has 0 amide bonds. The predicted molar refractivity (Wildman–Crippen MR) is 67.0 cm³/mol. The van der Waals surface area contributed by atoms with Crippen molar-refractivity contribution in [2.75, 3.05) is 6.61 Å². The van der Waals surface area contributed by atoms with Crippen LogP contribution in [0.1, 0.15) is 32.3 Å². The summed E-state index contributed by atoms with van der Waals surface area (Å²) in [6.07, 6.45) is 1.60. The van der Waals surface area contributed by atoms with Crippen LogP contribution in [0.2, 0.25) is 0 Å². The third-order valence-electron chi connectivity index (χ3n) is 3.20. The average molecular weight is 239 g/mol. The fourth-order valence-electron chi connectivity index (χ4n) is 1.63. The van der Waals surface area contributed by atoms with E-state index in [4.69, 9.17) is 5.11 Å². The standard InChI is InChI=1S/C13H21NO3/c1-3-13(2,6-7-15)14-9-10-4-5-11(16)12(17)8-10/h4-5,8,14-17H,3,6-7,9H2,1-2H3. The molecule has 0 aromatic heterocycles. The van der Waals surface area contributed by atoms with E-state index in [1.807, 2.05) is 0 Å². The van der Waals surface area contributed by atoms with Gasteiger partial charge >= 0.3 is 0 Å². The third-order valence-corrected chi connectivity index (χ3v) is 3.20. The van der Waals surface area contributed by atoms with Crippen LogP contribution in [0, 0.1) is 0 Å². The summed E-state index contributed by atoms with van der Waals surface area (Å²) in [5.41, 5.74) is 0.792. The van der Waals surface area contributed by atoms with Crippen molar-refractivity contribution in [2.24, 2.45) is 0 Å². The lowest BCUT2D eigenvalue weighted by atomic mass is 9.94. The Labute approximate surface area is 102 Å². The summed E-state index contributed by atoms with van der Waals surface area (Å²) in [5, 5.41) is 30.9. The number of nitrogens with one attached hydrogen (secondary N) is 1.